The predicted octanol–water partition coefficient (Wildman–Crippen LogP) is 3.44. The summed E-state index contributed by atoms with van der Waals surface area (Å²) in [5.41, 5.74) is 2.66. The molecule has 2 rings (SSSR count). The molecule has 18 heavy (non-hydrogen) atoms. The van der Waals surface area contributed by atoms with Gasteiger partial charge in [0.15, 0.2) is 0 Å². The first-order valence-electron chi connectivity index (χ1n) is 5.28. The van der Waals surface area contributed by atoms with E-state index in [0.717, 1.165) is 14.8 Å². The second-order valence-electron chi connectivity index (χ2n) is 3.81. The normalized spacial score (nSPS) is 10.1. The second-order valence-corrected chi connectivity index (χ2v) is 5.06. The highest BCUT2D eigenvalue weighted by Gasteiger charge is 2.10. The number of aromatic nitrogens is 1. The smallest absolute Gasteiger partial charge is 0.339 e. The van der Waals surface area contributed by atoms with Gasteiger partial charge in [-0.15, -0.1) is 0 Å². The number of nitrogens with zero attached hydrogens (tertiary/aromatic N) is 1. The minimum atomic E-state index is -0.992. The van der Waals surface area contributed by atoms with Gasteiger partial charge in [0.05, 0.1) is 5.69 Å². The zero-order chi connectivity index (χ0) is 13.1. The van der Waals surface area contributed by atoms with Crippen LogP contribution in [0, 0.1) is 10.5 Å². The number of pyridine rings is 1. The maximum absolute atomic E-state index is 11.1. The van der Waals surface area contributed by atoms with Crippen molar-refractivity contribution in [2.45, 2.75) is 6.92 Å². The summed E-state index contributed by atoms with van der Waals surface area (Å²) in [6.45, 7) is 1.97. The van der Waals surface area contributed by atoms with Gasteiger partial charge in [-0.1, -0.05) is 6.07 Å². The first-order chi connectivity index (χ1) is 8.58. The maximum atomic E-state index is 11.1. The fourth-order valence-corrected chi connectivity index (χ4v) is 2.04. The molecule has 1 aromatic heterocycles. The molecule has 0 aliphatic rings. The number of aryl methyl sites for hydroxylation is 1. The Morgan fingerprint density at radius 1 is 1.33 bits per heavy atom. The van der Waals surface area contributed by atoms with E-state index in [0.29, 0.717) is 5.69 Å². The van der Waals surface area contributed by atoms with Crippen LogP contribution < -0.4 is 5.32 Å². The molecule has 5 heteroatoms. The molecule has 2 aromatic rings. The third-order valence-corrected chi connectivity index (χ3v) is 3.19. The van der Waals surface area contributed by atoms with Crippen molar-refractivity contribution in [3.05, 3.63) is 51.4 Å². The number of carboxylic acids is 1. The van der Waals surface area contributed by atoms with Crippen LogP contribution in [0.15, 0.2) is 36.7 Å². The zero-order valence-electron chi connectivity index (χ0n) is 9.64. The van der Waals surface area contributed by atoms with E-state index in [1.807, 2.05) is 25.1 Å². The van der Waals surface area contributed by atoms with Gasteiger partial charge < -0.3 is 10.4 Å². The lowest BCUT2D eigenvalue weighted by molar-refractivity contribution is 0.0697. The van der Waals surface area contributed by atoms with Crippen LogP contribution in [0.25, 0.3) is 0 Å². The number of benzene rings is 1. The minimum absolute atomic E-state index is 0.163. The van der Waals surface area contributed by atoms with Crippen LogP contribution in [0.5, 0.6) is 0 Å². The highest BCUT2D eigenvalue weighted by molar-refractivity contribution is 14.1. The number of nitrogens with one attached hydrogen (secondary N) is 1. The number of carboxylic acid groups (broad SMARTS) is 1. The molecule has 0 bridgehead atoms. The average Bonchev–Trinajstić information content (AvgIpc) is 2.34. The molecule has 4 nitrogen and oxygen atoms in total. The number of hydrogen-bond acceptors (Lipinski definition) is 3. The third kappa shape index (κ3) is 2.79. The van der Waals surface area contributed by atoms with Crippen LogP contribution in [0.1, 0.15) is 15.9 Å². The third-order valence-electron chi connectivity index (χ3n) is 2.52. The lowest BCUT2D eigenvalue weighted by Gasteiger charge is -2.11. The van der Waals surface area contributed by atoms with E-state index in [1.54, 1.807) is 12.3 Å². The van der Waals surface area contributed by atoms with Crippen molar-refractivity contribution in [2.24, 2.45) is 0 Å². The molecule has 0 spiro atoms. The quantitative estimate of drug-likeness (QED) is 0.829. The highest BCUT2D eigenvalue weighted by atomic mass is 127. The van der Waals surface area contributed by atoms with Crippen molar-refractivity contribution in [2.75, 3.05) is 5.32 Å². The molecule has 1 heterocycles. The van der Waals surface area contributed by atoms with Gasteiger partial charge in [0.1, 0.15) is 5.56 Å². The van der Waals surface area contributed by atoms with Crippen molar-refractivity contribution in [3.8, 4) is 0 Å². The van der Waals surface area contributed by atoms with Crippen LogP contribution >= 0.6 is 22.6 Å². The Balaban J connectivity index is 2.40. The first kappa shape index (κ1) is 12.8. The van der Waals surface area contributed by atoms with E-state index in [-0.39, 0.29) is 5.56 Å². The fourth-order valence-electron chi connectivity index (χ4n) is 1.55. The van der Waals surface area contributed by atoms with Gasteiger partial charge in [0, 0.05) is 21.7 Å². The zero-order valence-corrected chi connectivity index (χ0v) is 11.8. The molecule has 0 atom stereocenters. The van der Waals surface area contributed by atoms with E-state index in [9.17, 15) is 4.79 Å². The minimum Gasteiger partial charge on any atom is -0.478 e. The molecule has 0 saturated heterocycles. The van der Waals surface area contributed by atoms with Crippen molar-refractivity contribution >= 4 is 39.9 Å². The van der Waals surface area contributed by atoms with E-state index in [4.69, 9.17) is 5.11 Å². The number of rotatable bonds is 3. The van der Waals surface area contributed by atoms with Crippen molar-refractivity contribution in [1.82, 2.24) is 4.98 Å². The van der Waals surface area contributed by atoms with E-state index >= 15 is 0 Å². The molecule has 0 aliphatic carbocycles. The van der Waals surface area contributed by atoms with Gasteiger partial charge in [-0.3, -0.25) is 4.98 Å². The number of aromatic carboxylic acids is 1. The molecule has 0 unspecified atom stereocenters. The van der Waals surface area contributed by atoms with Gasteiger partial charge >= 0.3 is 5.97 Å². The first-order valence-corrected chi connectivity index (χ1v) is 6.36. The van der Waals surface area contributed by atoms with Gasteiger partial charge in [0.25, 0.3) is 0 Å². The largest absolute Gasteiger partial charge is 0.478 e. The molecular formula is C13H11IN2O2. The Labute approximate surface area is 118 Å². The highest BCUT2D eigenvalue weighted by Crippen LogP contribution is 2.24. The van der Waals surface area contributed by atoms with Gasteiger partial charge in [-0.05, 0) is 53.3 Å². The van der Waals surface area contributed by atoms with E-state index < -0.39 is 5.97 Å². The van der Waals surface area contributed by atoms with E-state index in [2.05, 4.69) is 32.9 Å². The van der Waals surface area contributed by atoms with Crippen molar-refractivity contribution < 1.29 is 9.90 Å². The Bertz CT molecular complexity index is 599. The predicted molar refractivity (Wildman–Crippen MR) is 78.4 cm³/mol. The molecule has 0 fully saturated rings. The summed E-state index contributed by atoms with van der Waals surface area (Å²) in [5.74, 6) is -0.992. The molecule has 0 radical (unpaired) electrons. The topological polar surface area (TPSA) is 62.2 Å². The number of carbonyl (C=O) groups is 1. The summed E-state index contributed by atoms with van der Waals surface area (Å²) in [5, 5.41) is 12.2. The summed E-state index contributed by atoms with van der Waals surface area (Å²) >= 11 is 2.22. The summed E-state index contributed by atoms with van der Waals surface area (Å²) in [6, 6.07) is 7.63. The van der Waals surface area contributed by atoms with Crippen LogP contribution in [0.2, 0.25) is 0 Å². The molecule has 2 N–H and O–H groups in total. The van der Waals surface area contributed by atoms with Crippen LogP contribution in [-0.2, 0) is 0 Å². The fraction of sp³-hybridized carbons (Fsp3) is 0.0769. The number of hydrogen-bond donors (Lipinski definition) is 2. The number of anilines is 2. The molecule has 0 amide bonds. The van der Waals surface area contributed by atoms with Gasteiger partial charge in [-0.2, -0.15) is 0 Å². The molecule has 0 saturated carbocycles. The van der Waals surface area contributed by atoms with Crippen LogP contribution in [-0.4, -0.2) is 16.1 Å². The van der Waals surface area contributed by atoms with Gasteiger partial charge in [-0.25, -0.2) is 4.79 Å². The molecule has 0 aliphatic heterocycles. The number of halogens is 1. The lowest BCUT2D eigenvalue weighted by atomic mass is 10.1. The SMILES string of the molecule is Cc1ccc(I)cc1Nc1ccncc1C(=O)O. The second kappa shape index (κ2) is 5.34. The Kier molecular flexibility index (Phi) is 3.81. The molecule has 1 aromatic carbocycles. The maximum Gasteiger partial charge on any atom is 0.339 e. The van der Waals surface area contributed by atoms with Gasteiger partial charge in [0.2, 0.25) is 0 Å². The Morgan fingerprint density at radius 3 is 2.83 bits per heavy atom. The summed E-state index contributed by atoms with van der Waals surface area (Å²) in [7, 11) is 0. The standard InChI is InChI=1S/C13H11IN2O2/c1-8-2-3-9(14)6-12(8)16-11-4-5-15-7-10(11)13(17)18/h2-7H,1H3,(H,15,16)(H,17,18). The van der Waals surface area contributed by atoms with E-state index in [1.165, 1.54) is 6.20 Å². The Hall–Kier alpha value is -1.63. The summed E-state index contributed by atoms with van der Waals surface area (Å²) in [4.78, 5) is 14.9. The van der Waals surface area contributed by atoms with Crippen molar-refractivity contribution in [3.63, 3.8) is 0 Å². The lowest BCUT2D eigenvalue weighted by Crippen LogP contribution is -2.04. The summed E-state index contributed by atoms with van der Waals surface area (Å²) < 4.78 is 1.09. The average molecular weight is 354 g/mol. The van der Waals surface area contributed by atoms with Crippen LogP contribution in [0.4, 0.5) is 11.4 Å². The van der Waals surface area contributed by atoms with Crippen molar-refractivity contribution in [1.29, 1.82) is 0 Å². The molecular weight excluding hydrogens is 343 g/mol. The Morgan fingerprint density at radius 2 is 2.11 bits per heavy atom. The summed E-state index contributed by atoms with van der Waals surface area (Å²) in [6.07, 6.45) is 2.91. The van der Waals surface area contributed by atoms with Crippen LogP contribution in [0.3, 0.4) is 0 Å². The molecule has 92 valence electrons. The monoisotopic (exact) mass is 354 g/mol.